The van der Waals surface area contributed by atoms with Crippen molar-refractivity contribution in [3.05, 3.63) is 0 Å². The minimum absolute atomic E-state index is 0.482. The fourth-order valence-corrected chi connectivity index (χ4v) is 0.824. The first-order valence-electron chi connectivity index (χ1n) is 2.16. The number of alkyl halides is 2. The Morgan fingerprint density at radius 2 is 2.14 bits per heavy atom. The third-order valence-corrected chi connectivity index (χ3v) is 1.52. The molecule has 1 fully saturated rings. The highest BCUT2D eigenvalue weighted by Gasteiger charge is 2.28. The lowest BCUT2D eigenvalue weighted by Crippen LogP contribution is -2.09. The van der Waals surface area contributed by atoms with Crippen molar-refractivity contribution in [2.75, 3.05) is 13.2 Å². The molecule has 0 aromatic carbocycles. The Morgan fingerprint density at radius 3 is 2.29 bits per heavy atom. The molecule has 3 heteroatoms. The quantitative estimate of drug-likeness (QED) is 0.465. The summed E-state index contributed by atoms with van der Waals surface area (Å²) in [6.45, 7) is 1.18. The Labute approximate surface area is 52.5 Å². The van der Waals surface area contributed by atoms with Crippen LogP contribution in [0.5, 0.6) is 0 Å². The van der Waals surface area contributed by atoms with Gasteiger partial charge >= 0.3 is 0 Å². The van der Waals surface area contributed by atoms with Crippen LogP contribution in [0.1, 0.15) is 6.42 Å². The van der Waals surface area contributed by atoms with Crippen molar-refractivity contribution in [1.29, 1.82) is 0 Å². The average Bonchev–Trinajstić information content (AvgIpc) is 1.84. The second kappa shape index (κ2) is 1.81. The molecule has 0 saturated carbocycles. The van der Waals surface area contributed by atoms with E-state index < -0.39 is 4.33 Å². The lowest BCUT2D eigenvalue weighted by molar-refractivity contribution is 0.196. The predicted molar refractivity (Wildman–Crippen MR) is 29.9 cm³/mol. The monoisotopic (exact) mass is 140 g/mol. The maximum Gasteiger partial charge on any atom is 0.143 e. The number of rotatable bonds is 0. The first kappa shape index (κ1) is 5.67. The molecular weight excluding hydrogens is 135 g/mol. The molecule has 0 amide bonds. The molecular formula is C4H6Cl2O. The summed E-state index contributed by atoms with van der Waals surface area (Å²) in [5.74, 6) is 0. The van der Waals surface area contributed by atoms with Gasteiger partial charge in [0.15, 0.2) is 0 Å². The lowest BCUT2D eigenvalue weighted by Gasteiger charge is -2.04. The van der Waals surface area contributed by atoms with Crippen LogP contribution >= 0.6 is 23.2 Å². The zero-order chi connectivity index (χ0) is 5.33. The highest BCUT2D eigenvalue weighted by molar-refractivity contribution is 6.48. The van der Waals surface area contributed by atoms with Crippen molar-refractivity contribution >= 4 is 23.2 Å². The molecule has 42 valence electrons. The zero-order valence-electron chi connectivity index (χ0n) is 3.79. The third-order valence-electron chi connectivity index (χ3n) is 0.925. The zero-order valence-corrected chi connectivity index (χ0v) is 5.30. The maximum atomic E-state index is 5.61. The molecule has 0 aromatic rings. The SMILES string of the molecule is ClC1(Cl)CCOC1. The molecule has 0 aromatic heterocycles. The van der Waals surface area contributed by atoms with E-state index in [0.29, 0.717) is 13.2 Å². The highest BCUT2D eigenvalue weighted by atomic mass is 35.5. The number of ether oxygens (including phenoxy) is 1. The van der Waals surface area contributed by atoms with Crippen LogP contribution in [-0.4, -0.2) is 17.5 Å². The normalized spacial score (nSPS) is 28.3. The van der Waals surface area contributed by atoms with Crippen molar-refractivity contribution in [1.82, 2.24) is 0 Å². The molecule has 0 unspecified atom stereocenters. The third kappa shape index (κ3) is 1.48. The summed E-state index contributed by atoms with van der Waals surface area (Å²) in [5.41, 5.74) is 0. The molecule has 0 N–H and O–H groups in total. The predicted octanol–water partition coefficient (Wildman–Crippen LogP) is 1.58. The molecule has 1 aliphatic heterocycles. The van der Waals surface area contributed by atoms with Gasteiger partial charge < -0.3 is 4.74 Å². The molecule has 1 nitrogen and oxygen atoms in total. The van der Waals surface area contributed by atoms with Gasteiger partial charge in [0, 0.05) is 13.0 Å². The standard InChI is InChI=1S/C4H6Cl2O/c5-4(6)1-2-7-3-4/h1-3H2. The van der Waals surface area contributed by atoms with Crippen molar-refractivity contribution < 1.29 is 4.74 Å². The Kier molecular flexibility index (Phi) is 1.46. The van der Waals surface area contributed by atoms with E-state index in [0.717, 1.165) is 6.42 Å². The molecule has 1 heterocycles. The Hall–Kier alpha value is 0.540. The fraction of sp³-hybridized carbons (Fsp3) is 1.00. The Morgan fingerprint density at radius 1 is 1.43 bits per heavy atom. The highest BCUT2D eigenvalue weighted by Crippen LogP contribution is 2.29. The van der Waals surface area contributed by atoms with Crippen LogP contribution in [0.2, 0.25) is 0 Å². The molecule has 0 bridgehead atoms. The van der Waals surface area contributed by atoms with Gasteiger partial charge in [0.25, 0.3) is 0 Å². The summed E-state index contributed by atoms with van der Waals surface area (Å²) in [5, 5.41) is 0. The van der Waals surface area contributed by atoms with Crippen LogP contribution < -0.4 is 0 Å². The molecule has 1 aliphatic rings. The van der Waals surface area contributed by atoms with Crippen molar-refractivity contribution in [3.8, 4) is 0 Å². The van der Waals surface area contributed by atoms with Crippen molar-refractivity contribution in [3.63, 3.8) is 0 Å². The summed E-state index contributed by atoms with van der Waals surface area (Å²) >= 11 is 11.2. The topological polar surface area (TPSA) is 9.23 Å². The Bertz CT molecular complexity index is 64.1. The van der Waals surface area contributed by atoms with Crippen LogP contribution in [0, 0.1) is 0 Å². The van der Waals surface area contributed by atoms with Crippen LogP contribution in [0.15, 0.2) is 0 Å². The van der Waals surface area contributed by atoms with Gasteiger partial charge in [-0.3, -0.25) is 0 Å². The summed E-state index contributed by atoms with van der Waals surface area (Å²) in [4.78, 5) is 0. The molecule has 0 aliphatic carbocycles. The van der Waals surface area contributed by atoms with E-state index in [1.807, 2.05) is 0 Å². The number of hydrogen-bond acceptors (Lipinski definition) is 1. The minimum atomic E-state index is -0.583. The van der Waals surface area contributed by atoms with Gasteiger partial charge in [0.2, 0.25) is 0 Å². The van der Waals surface area contributed by atoms with E-state index in [2.05, 4.69) is 0 Å². The van der Waals surface area contributed by atoms with Gasteiger partial charge in [0.05, 0.1) is 6.61 Å². The first-order chi connectivity index (χ1) is 3.21. The molecule has 1 rings (SSSR count). The van der Waals surface area contributed by atoms with E-state index in [1.165, 1.54) is 0 Å². The van der Waals surface area contributed by atoms with Crippen molar-refractivity contribution in [2.45, 2.75) is 10.8 Å². The van der Waals surface area contributed by atoms with Gasteiger partial charge in [0.1, 0.15) is 4.33 Å². The average molecular weight is 141 g/mol. The fourth-order valence-electron chi connectivity index (χ4n) is 0.515. The van der Waals surface area contributed by atoms with Crippen molar-refractivity contribution in [2.24, 2.45) is 0 Å². The van der Waals surface area contributed by atoms with Gasteiger partial charge in [-0.25, -0.2) is 0 Å². The lowest BCUT2D eigenvalue weighted by atomic mass is 10.4. The number of halogens is 2. The van der Waals surface area contributed by atoms with Crippen LogP contribution in [0.4, 0.5) is 0 Å². The second-order valence-corrected chi connectivity index (χ2v) is 3.30. The van der Waals surface area contributed by atoms with E-state index in [9.17, 15) is 0 Å². The summed E-state index contributed by atoms with van der Waals surface area (Å²) in [6.07, 6.45) is 0.760. The van der Waals surface area contributed by atoms with E-state index in [1.54, 1.807) is 0 Å². The van der Waals surface area contributed by atoms with Crippen LogP contribution in [0.3, 0.4) is 0 Å². The summed E-state index contributed by atoms with van der Waals surface area (Å²) in [7, 11) is 0. The molecule has 7 heavy (non-hydrogen) atoms. The van der Waals surface area contributed by atoms with Crippen LogP contribution in [0.25, 0.3) is 0 Å². The first-order valence-corrected chi connectivity index (χ1v) is 2.92. The summed E-state index contributed by atoms with van der Waals surface area (Å²) in [6, 6.07) is 0. The van der Waals surface area contributed by atoms with Gasteiger partial charge in [-0.2, -0.15) is 0 Å². The van der Waals surface area contributed by atoms with Gasteiger partial charge in [-0.05, 0) is 0 Å². The molecule has 1 saturated heterocycles. The van der Waals surface area contributed by atoms with E-state index >= 15 is 0 Å². The maximum absolute atomic E-state index is 5.61. The smallest absolute Gasteiger partial charge is 0.143 e. The molecule has 0 radical (unpaired) electrons. The van der Waals surface area contributed by atoms with Gasteiger partial charge in [-0.1, -0.05) is 23.2 Å². The largest absolute Gasteiger partial charge is 0.378 e. The second-order valence-electron chi connectivity index (χ2n) is 1.66. The van der Waals surface area contributed by atoms with Gasteiger partial charge in [-0.15, -0.1) is 0 Å². The van der Waals surface area contributed by atoms with E-state index in [4.69, 9.17) is 27.9 Å². The Balaban J connectivity index is 2.40. The van der Waals surface area contributed by atoms with Crippen LogP contribution in [-0.2, 0) is 4.74 Å². The van der Waals surface area contributed by atoms with E-state index in [-0.39, 0.29) is 0 Å². The molecule has 0 spiro atoms. The minimum Gasteiger partial charge on any atom is -0.378 e. The molecule has 0 atom stereocenters. The summed E-state index contributed by atoms with van der Waals surface area (Å²) < 4.78 is 4.31. The number of hydrogen-bond donors (Lipinski definition) is 0.